The zero-order chi connectivity index (χ0) is 17.4. The fourth-order valence-corrected chi connectivity index (χ4v) is 5.15. The molecule has 2 saturated carbocycles. The number of benzene rings is 1. The molecule has 2 fully saturated rings. The zero-order valence-corrected chi connectivity index (χ0v) is 16.5. The predicted octanol–water partition coefficient (Wildman–Crippen LogP) is 4.25. The van der Waals surface area contributed by atoms with Gasteiger partial charge in [0.05, 0.1) is 12.6 Å². The van der Waals surface area contributed by atoms with E-state index in [0.717, 1.165) is 37.0 Å². The normalized spacial score (nSPS) is 33.1. The largest absolute Gasteiger partial charge is 0.493 e. The van der Waals surface area contributed by atoms with E-state index >= 15 is 0 Å². The Morgan fingerprint density at radius 1 is 1.15 bits per heavy atom. The number of hydrogen-bond acceptors (Lipinski definition) is 3. The Kier molecular flexibility index (Phi) is 6.37. The minimum atomic E-state index is 0. The molecule has 2 bridgehead atoms. The van der Waals surface area contributed by atoms with Crippen LogP contribution in [0.3, 0.4) is 0 Å². The number of carbonyl (C=O) groups excluding carboxylic acids is 1. The number of nitrogens with two attached hydrogens (primary N) is 1. The molecule has 2 aliphatic carbocycles. The lowest BCUT2D eigenvalue weighted by atomic mass is 9.65. The van der Waals surface area contributed by atoms with Gasteiger partial charge in [0.15, 0.2) is 0 Å². The maximum absolute atomic E-state index is 13.0. The zero-order valence-electron chi connectivity index (χ0n) is 15.0. The van der Waals surface area contributed by atoms with Crippen LogP contribution in [0.2, 0.25) is 5.02 Å². The Labute approximate surface area is 166 Å². The molecule has 6 heteroatoms. The van der Waals surface area contributed by atoms with Crippen molar-refractivity contribution in [2.24, 2.45) is 23.5 Å². The molecule has 3 N–H and O–H groups in total. The minimum Gasteiger partial charge on any atom is -0.493 e. The maximum atomic E-state index is 13.0. The molecule has 0 radical (unpaired) electrons. The second-order valence-electron chi connectivity index (χ2n) is 7.93. The van der Waals surface area contributed by atoms with Crippen molar-refractivity contribution in [3.8, 4) is 5.75 Å². The third kappa shape index (κ3) is 3.97. The van der Waals surface area contributed by atoms with Crippen LogP contribution < -0.4 is 15.8 Å². The van der Waals surface area contributed by atoms with Gasteiger partial charge in [0.2, 0.25) is 5.91 Å². The van der Waals surface area contributed by atoms with Gasteiger partial charge >= 0.3 is 0 Å². The predicted molar refractivity (Wildman–Crippen MR) is 106 cm³/mol. The fraction of sp³-hybridized carbons (Fsp3) is 0.650. The number of carbonyl (C=O) groups is 1. The Hall–Kier alpha value is -0.970. The summed E-state index contributed by atoms with van der Waals surface area (Å²) in [6, 6.07) is 6.02. The molecular formula is C20H28Cl2N2O2. The highest BCUT2D eigenvalue weighted by Gasteiger charge is 2.41. The van der Waals surface area contributed by atoms with Crippen LogP contribution in [0.5, 0.6) is 5.75 Å². The summed E-state index contributed by atoms with van der Waals surface area (Å²) in [5.74, 6) is 2.14. The number of fused-ring (bicyclic) bond motifs is 3. The van der Waals surface area contributed by atoms with Crippen LogP contribution in [0.15, 0.2) is 18.2 Å². The van der Waals surface area contributed by atoms with Gasteiger partial charge in [-0.05, 0) is 62.5 Å². The van der Waals surface area contributed by atoms with Crippen molar-refractivity contribution in [2.45, 2.75) is 57.0 Å². The Morgan fingerprint density at radius 3 is 2.62 bits per heavy atom. The Bertz CT molecular complexity index is 641. The van der Waals surface area contributed by atoms with Gasteiger partial charge < -0.3 is 15.8 Å². The second-order valence-corrected chi connectivity index (χ2v) is 8.37. The summed E-state index contributed by atoms with van der Waals surface area (Å²) < 4.78 is 5.81. The monoisotopic (exact) mass is 398 g/mol. The van der Waals surface area contributed by atoms with E-state index in [9.17, 15) is 4.79 Å². The average molecular weight is 399 g/mol. The van der Waals surface area contributed by atoms with Gasteiger partial charge in [0.1, 0.15) is 5.75 Å². The van der Waals surface area contributed by atoms with Crippen molar-refractivity contribution in [3.63, 3.8) is 0 Å². The van der Waals surface area contributed by atoms with E-state index < -0.39 is 0 Å². The molecule has 1 aromatic carbocycles. The highest BCUT2D eigenvalue weighted by molar-refractivity contribution is 6.30. The molecule has 3 aliphatic rings. The van der Waals surface area contributed by atoms with E-state index in [1.165, 1.54) is 19.3 Å². The van der Waals surface area contributed by atoms with Crippen molar-refractivity contribution < 1.29 is 9.53 Å². The van der Waals surface area contributed by atoms with Crippen LogP contribution in [0.4, 0.5) is 0 Å². The first-order chi connectivity index (χ1) is 12.1. The summed E-state index contributed by atoms with van der Waals surface area (Å²) in [6.45, 7) is 0.669. The van der Waals surface area contributed by atoms with E-state index in [2.05, 4.69) is 5.32 Å². The lowest BCUT2D eigenvalue weighted by molar-refractivity contribution is -0.128. The van der Waals surface area contributed by atoms with Gasteiger partial charge in [-0.1, -0.05) is 24.1 Å². The van der Waals surface area contributed by atoms with Gasteiger partial charge in [0.25, 0.3) is 0 Å². The average Bonchev–Trinajstić information content (AvgIpc) is 2.76. The van der Waals surface area contributed by atoms with Crippen molar-refractivity contribution in [2.75, 3.05) is 6.61 Å². The first kappa shape index (κ1) is 19.8. The maximum Gasteiger partial charge on any atom is 0.223 e. The van der Waals surface area contributed by atoms with Crippen LogP contribution in [0.25, 0.3) is 0 Å². The van der Waals surface area contributed by atoms with Gasteiger partial charge in [-0.25, -0.2) is 0 Å². The standard InChI is InChI=1S/C20H27ClN2O2.ClH/c21-15-6-7-16-17(5-2-8-25-18(16)11-15)23-20(24)14-9-12-3-1-4-13(10-14)19(12)22;/h6-7,11-14,17,19H,1-5,8-10,22H2,(H,23,24);1H. The summed E-state index contributed by atoms with van der Waals surface area (Å²) >= 11 is 6.09. The first-order valence-corrected chi connectivity index (χ1v) is 9.98. The SMILES string of the molecule is Cl.NC1C2CCCC1CC(C(=O)NC1CCCOc3cc(Cl)ccc31)C2. The molecule has 0 saturated heterocycles. The number of hydrogen-bond donors (Lipinski definition) is 2. The van der Waals surface area contributed by atoms with E-state index in [-0.39, 0.29) is 30.3 Å². The summed E-state index contributed by atoms with van der Waals surface area (Å²) in [6.07, 6.45) is 7.35. The third-order valence-corrected chi connectivity index (χ3v) is 6.58. The fourth-order valence-electron chi connectivity index (χ4n) is 4.99. The van der Waals surface area contributed by atoms with Gasteiger partial charge in [-0.2, -0.15) is 0 Å². The molecule has 4 nitrogen and oxygen atoms in total. The Morgan fingerprint density at radius 2 is 1.88 bits per heavy atom. The van der Waals surface area contributed by atoms with Gasteiger partial charge in [-0.3, -0.25) is 4.79 Å². The van der Waals surface area contributed by atoms with Gasteiger partial charge in [-0.15, -0.1) is 12.4 Å². The molecule has 1 aliphatic heterocycles. The molecule has 3 atom stereocenters. The van der Waals surface area contributed by atoms with E-state index in [4.69, 9.17) is 22.1 Å². The first-order valence-electron chi connectivity index (χ1n) is 9.60. The molecule has 144 valence electrons. The molecule has 26 heavy (non-hydrogen) atoms. The van der Waals surface area contributed by atoms with Crippen LogP contribution >= 0.6 is 24.0 Å². The molecule has 1 heterocycles. The quantitative estimate of drug-likeness (QED) is 0.782. The molecular weight excluding hydrogens is 371 g/mol. The minimum absolute atomic E-state index is 0. The van der Waals surface area contributed by atoms with E-state index in [1.807, 2.05) is 18.2 Å². The number of ether oxygens (including phenoxy) is 1. The summed E-state index contributed by atoms with van der Waals surface area (Å²) in [7, 11) is 0. The number of amides is 1. The van der Waals surface area contributed by atoms with Crippen molar-refractivity contribution in [1.82, 2.24) is 5.32 Å². The number of nitrogens with one attached hydrogen (secondary N) is 1. The summed E-state index contributed by atoms with van der Waals surface area (Å²) in [5.41, 5.74) is 7.41. The molecule has 0 aromatic heterocycles. The summed E-state index contributed by atoms with van der Waals surface area (Å²) in [4.78, 5) is 13.0. The summed E-state index contributed by atoms with van der Waals surface area (Å²) in [5, 5.41) is 3.97. The van der Waals surface area contributed by atoms with Crippen LogP contribution in [0.1, 0.15) is 56.6 Å². The molecule has 1 amide bonds. The van der Waals surface area contributed by atoms with Crippen LogP contribution in [-0.2, 0) is 4.79 Å². The lowest BCUT2D eigenvalue weighted by Gasteiger charge is -2.43. The molecule has 0 spiro atoms. The van der Waals surface area contributed by atoms with E-state index in [1.54, 1.807) is 0 Å². The molecule has 1 aromatic rings. The second kappa shape index (κ2) is 8.37. The highest BCUT2D eigenvalue weighted by atomic mass is 35.5. The van der Waals surface area contributed by atoms with Crippen molar-refractivity contribution in [3.05, 3.63) is 28.8 Å². The Balaban J connectivity index is 0.00000196. The molecule has 3 unspecified atom stereocenters. The highest BCUT2D eigenvalue weighted by Crippen LogP contribution is 2.42. The third-order valence-electron chi connectivity index (χ3n) is 6.35. The van der Waals surface area contributed by atoms with E-state index in [0.29, 0.717) is 29.5 Å². The molecule has 4 rings (SSSR count). The van der Waals surface area contributed by atoms with Crippen LogP contribution in [0, 0.1) is 17.8 Å². The smallest absolute Gasteiger partial charge is 0.223 e. The van der Waals surface area contributed by atoms with Crippen molar-refractivity contribution >= 4 is 29.9 Å². The van der Waals surface area contributed by atoms with Crippen molar-refractivity contribution in [1.29, 1.82) is 0 Å². The number of rotatable bonds is 2. The van der Waals surface area contributed by atoms with Gasteiger partial charge in [0, 0.05) is 22.5 Å². The van der Waals surface area contributed by atoms with Crippen LogP contribution in [-0.4, -0.2) is 18.6 Å². The lowest BCUT2D eigenvalue weighted by Crippen LogP contribution is -2.49. The number of halogens is 2. The topological polar surface area (TPSA) is 64.4 Å².